The van der Waals surface area contributed by atoms with Crippen molar-refractivity contribution in [1.29, 1.82) is 0 Å². The maximum absolute atomic E-state index is 10.3. The summed E-state index contributed by atoms with van der Waals surface area (Å²) < 4.78 is 32.9. The van der Waals surface area contributed by atoms with Crippen LogP contribution in [-0.4, -0.2) is 24.4 Å². The van der Waals surface area contributed by atoms with E-state index in [9.17, 15) is 18.3 Å². The zero-order valence-electron chi connectivity index (χ0n) is 6.75. The molecule has 76 valence electrons. The number of rotatable bonds is 3. The summed E-state index contributed by atoms with van der Waals surface area (Å²) in [4.78, 5) is 10.3. The van der Waals surface area contributed by atoms with Gasteiger partial charge < -0.3 is 9.29 Å². The number of aldehydes is 1. The molecule has 0 unspecified atom stereocenters. The molecule has 0 saturated heterocycles. The Balaban J connectivity index is 3.17. The Bertz CT molecular complexity index is 449. The Morgan fingerprint density at radius 1 is 1.36 bits per heavy atom. The molecule has 0 aliphatic carbocycles. The minimum Gasteiger partial charge on any atom is -0.504 e. The minimum absolute atomic E-state index is 0.133. The van der Waals surface area contributed by atoms with Crippen LogP contribution in [0.3, 0.4) is 0 Å². The molecule has 0 amide bonds. The summed E-state index contributed by atoms with van der Waals surface area (Å²) in [5.74, 6) is -1.14. The molecule has 0 aliphatic heterocycles. The lowest BCUT2D eigenvalue weighted by Crippen LogP contribution is -2.07. The number of phenols is 1. The van der Waals surface area contributed by atoms with Crippen molar-refractivity contribution < 1.29 is 27.1 Å². The summed E-state index contributed by atoms with van der Waals surface area (Å²) in [6.45, 7) is 0. The van der Waals surface area contributed by atoms with Gasteiger partial charge in [0.15, 0.2) is 17.8 Å². The zero-order valence-corrected chi connectivity index (χ0v) is 7.56. The molecule has 0 aliphatic rings. The minimum atomic E-state index is -4.70. The van der Waals surface area contributed by atoms with Crippen LogP contribution >= 0.6 is 0 Å². The number of phenolic OH excluding ortho intramolecular Hbond substituents is 1. The standard InChI is InChI=1S/C7H6O6S/c8-4-5-2-1-3-6(7(5)9)13-14(10,11)12/h1-4,9H,(H,10,11,12). The van der Waals surface area contributed by atoms with Gasteiger partial charge in [0, 0.05) is 0 Å². The van der Waals surface area contributed by atoms with Gasteiger partial charge in [-0.3, -0.25) is 9.35 Å². The highest BCUT2D eigenvalue weighted by Crippen LogP contribution is 2.29. The summed E-state index contributed by atoms with van der Waals surface area (Å²) in [6, 6.07) is 3.65. The van der Waals surface area contributed by atoms with E-state index in [1.54, 1.807) is 0 Å². The van der Waals surface area contributed by atoms with E-state index in [2.05, 4.69) is 4.18 Å². The van der Waals surface area contributed by atoms with Gasteiger partial charge in [-0.25, -0.2) is 0 Å². The van der Waals surface area contributed by atoms with Gasteiger partial charge in [-0.05, 0) is 12.1 Å². The molecular weight excluding hydrogens is 212 g/mol. The number of hydrogen-bond acceptors (Lipinski definition) is 5. The number of benzene rings is 1. The highest BCUT2D eigenvalue weighted by molar-refractivity contribution is 7.81. The summed E-state index contributed by atoms with van der Waals surface area (Å²) in [5.41, 5.74) is -0.133. The molecule has 1 aromatic carbocycles. The van der Waals surface area contributed by atoms with Crippen molar-refractivity contribution in [3.63, 3.8) is 0 Å². The maximum Gasteiger partial charge on any atom is 0.446 e. The van der Waals surface area contributed by atoms with Crippen LogP contribution in [0, 0.1) is 0 Å². The molecule has 6 nitrogen and oxygen atoms in total. The lowest BCUT2D eigenvalue weighted by atomic mass is 10.2. The highest BCUT2D eigenvalue weighted by Gasteiger charge is 2.13. The van der Waals surface area contributed by atoms with Crippen LogP contribution < -0.4 is 4.18 Å². The van der Waals surface area contributed by atoms with Crippen molar-refractivity contribution >= 4 is 16.7 Å². The monoisotopic (exact) mass is 218 g/mol. The van der Waals surface area contributed by atoms with Gasteiger partial charge in [0.05, 0.1) is 5.56 Å². The van der Waals surface area contributed by atoms with Crippen molar-refractivity contribution in [2.75, 3.05) is 0 Å². The van der Waals surface area contributed by atoms with E-state index in [4.69, 9.17) is 4.55 Å². The van der Waals surface area contributed by atoms with E-state index < -0.39 is 21.9 Å². The normalized spacial score (nSPS) is 10.9. The number of carbonyl (C=O) groups excluding carboxylic acids is 1. The van der Waals surface area contributed by atoms with Gasteiger partial charge in [-0.1, -0.05) is 6.07 Å². The molecule has 0 aromatic heterocycles. The molecule has 0 atom stereocenters. The van der Waals surface area contributed by atoms with Gasteiger partial charge in [-0.15, -0.1) is 0 Å². The van der Waals surface area contributed by atoms with Crippen LogP contribution in [0.2, 0.25) is 0 Å². The van der Waals surface area contributed by atoms with E-state index >= 15 is 0 Å². The second-order valence-electron chi connectivity index (χ2n) is 2.32. The maximum atomic E-state index is 10.3. The Labute approximate surface area is 79.7 Å². The molecule has 0 fully saturated rings. The molecule has 0 bridgehead atoms. The average Bonchev–Trinajstić information content (AvgIpc) is 2.06. The van der Waals surface area contributed by atoms with Crippen molar-refractivity contribution in [2.24, 2.45) is 0 Å². The van der Waals surface area contributed by atoms with Crippen molar-refractivity contribution in [2.45, 2.75) is 0 Å². The second-order valence-corrected chi connectivity index (χ2v) is 3.35. The third-order valence-electron chi connectivity index (χ3n) is 1.35. The summed E-state index contributed by atoms with van der Waals surface area (Å²) in [6.07, 6.45) is 0.326. The Morgan fingerprint density at radius 3 is 2.50 bits per heavy atom. The van der Waals surface area contributed by atoms with Crippen LogP contribution in [-0.2, 0) is 10.4 Å². The van der Waals surface area contributed by atoms with Crippen LogP contribution in [0.5, 0.6) is 11.5 Å². The topological polar surface area (TPSA) is 101 Å². The molecule has 1 rings (SSSR count). The summed E-state index contributed by atoms with van der Waals surface area (Å²) in [7, 11) is -4.70. The average molecular weight is 218 g/mol. The van der Waals surface area contributed by atoms with Crippen LogP contribution in [0.4, 0.5) is 0 Å². The smallest absolute Gasteiger partial charge is 0.446 e. The van der Waals surface area contributed by atoms with Crippen LogP contribution in [0.15, 0.2) is 18.2 Å². The Kier molecular flexibility index (Phi) is 2.73. The molecule has 0 radical (unpaired) electrons. The number of para-hydroxylation sites is 1. The van der Waals surface area contributed by atoms with Gasteiger partial charge in [0.2, 0.25) is 0 Å². The first-order chi connectivity index (χ1) is 6.44. The number of carbonyl (C=O) groups is 1. The third kappa shape index (κ3) is 2.44. The zero-order chi connectivity index (χ0) is 10.8. The molecule has 0 spiro atoms. The first-order valence-electron chi connectivity index (χ1n) is 3.38. The molecule has 2 N–H and O–H groups in total. The number of hydrogen-bond donors (Lipinski definition) is 2. The van der Waals surface area contributed by atoms with E-state index in [-0.39, 0.29) is 5.56 Å². The first kappa shape index (κ1) is 10.5. The van der Waals surface area contributed by atoms with Crippen LogP contribution in [0.1, 0.15) is 10.4 Å². The van der Waals surface area contributed by atoms with Gasteiger partial charge in [-0.2, -0.15) is 8.42 Å². The molecular formula is C7H6O6S. The fourth-order valence-corrected chi connectivity index (χ4v) is 1.18. The van der Waals surface area contributed by atoms with E-state index in [1.807, 2.05) is 0 Å². The SMILES string of the molecule is O=Cc1cccc(OS(=O)(=O)O)c1O. The number of aromatic hydroxyl groups is 1. The van der Waals surface area contributed by atoms with Gasteiger partial charge in [0.1, 0.15) is 0 Å². The van der Waals surface area contributed by atoms with Crippen molar-refractivity contribution in [1.82, 2.24) is 0 Å². The molecule has 1 aromatic rings. The lowest BCUT2D eigenvalue weighted by molar-refractivity contribution is 0.112. The van der Waals surface area contributed by atoms with Gasteiger partial charge in [0.25, 0.3) is 0 Å². The van der Waals surface area contributed by atoms with Crippen molar-refractivity contribution in [3.8, 4) is 11.5 Å². The summed E-state index contributed by atoms with van der Waals surface area (Å²) in [5, 5.41) is 9.22. The molecule has 0 heterocycles. The third-order valence-corrected chi connectivity index (χ3v) is 1.74. The Hall–Kier alpha value is -1.60. The predicted molar refractivity (Wildman–Crippen MR) is 45.7 cm³/mol. The van der Waals surface area contributed by atoms with E-state index in [0.717, 1.165) is 6.07 Å². The van der Waals surface area contributed by atoms with Crippen molar-refractivity contribution in [3.05, 3.63) is 23.8 Å². The molecule has 0 saturated carbocycles. The predicted octanol–water partition coefficient (Wildman–Crippen LogP) is 0.386. The second kappa shape index (κ2) is 3.64. The fourth-order valence-electron chi connectivity index (χ4n) is 0.815. The van der Waals surface area contributed by atoms with Crippen LogP contribution in [0.25, 0.3) is 0 Å². The first-order valence-corrected chi connectivity index (χ1v) is 4.74. The van der Waals surface area contributed by atoms with Gasteiger partial charge >= 0.3 is 10.4 Å². The molecule has 7 heteroatoms. The fraction of sp³-hybridized carbons (Fsp3) is 0. The highest BCUT2D eigenvalue weighted by atomic mass is 32.3. The molecule has 14 heavy (non-hydrogen) atoms. The van der Waals surface area contributed by atoms with E-state index in [1.165, 1.54) is 12.1 Å². The quantitative estimate of drug-likeness (QED) is 0.562. The lowest BCUT2D eigenvalue weighted by Gasteiger charge is -2.04. The summed E-state index contributed by atoms with van der Waals surface area (Å²) >= 11 is 0. The van der Waals surface area contributed by atoms with E-state index in [0.29, 0.717) is 6.29 Å². The Morgan fingerprint density at radius 2 is 2.00 bits per heavy atom. The largest absolute Gasteiger partial charge is 0.504 e.